The summed E-state index contributed by atoms with van der Waals surface area (Å²) >= 11 is 0. The molecule has 4 heteroatoms. The Labute approximate surface area is 98.9 Å². The minimum absolute atomic E-state index is 0.353. The zero-order chi connectivity index (χ0) is 11.8. The summed E-state index contributed by atoms with van der Waals surface area (Å²) in [5, 5.41) is 4.24. The Morgan fingerprint density at radius 3 is 3.00 bits per heavy atom. The highest BCUT2D eigenvalue weighted by Gasteiger charge is 2.24. The first-order valence-electron chi connectivity index (χ1n) is 5.87. The van der Waals surface area contributed by atoms with Gasteiger partial charge in [-0.05, 0) is 37.8 Å². The van der Waals surface area contributed by atoms with Gasteiger partial charge in [0, 0.05) is 5.56 Å². The van der Waals surface area contributed by atoms with E-state index in [1.54, 1.807) is 0 Å². The molecule has 0 amide bonds. The lowest BCUT2D eigenvalue weighted by atomic mass is 10.1. The third-order valence-corrected chi connectivity index (χ3v) is 3.00. The fourth-order valence-corrected chi connectivity index (χ4v) is 1.86. The molecule has 0 atom stereocenters. The Morgan fingerprint density at radius 1 is 1.47 bits per heavy atom. The van der Waals surface area contributed by atoms with Gasteiger partial charge in [-0.2, -0.15) is 4.68 Å². The highest BCUT2D eigenvalue weighted by atomic mass is 16.4. The molecule has 1 fully saturated rings. The molecule has 1 aliphatic rings. The van der Waals surface area contributed by atoms with Crippen molar-refractivity contribution < 1.29 is 4.42 Å². The van der Waals surface area contributed by atoms with E-state index in [1.165, 1.54) is 17.5 Å². The van der Waals surface area contributed by atoms with Crippen molar-refractivity contribution in [2.45, 2.75) is 26.3 Å². The van der Waals surface area contributed by atoms with Crippen LogP contribution >= 0.6 is 0 Å². The second kappa shape index (κ2) is 3.87. The van der Waals surface area contributed by atoms with Crippen LogP contribution in [0.1, 0.15) is 18.4 Å². The maximum atomic E-state index is 11.6. The summed E-state index contributed by atoms with van der Waals surface area (Å²) < 4.78 is 6.62. The van der Waals surface area contributed by atoms with E-state index in [0.29, 0.717) is 18.4 Å². The zero-order valence-electron chi connectivity index (χ0n) is 9.72. The van der Waals surface area contributed by atoms with Crippen LogP contribution in [-0.4, -0.2) is 9.78 Å². The monoisotopic (exact) mass is 230 g/mol. The van der Waals surface area contributed by atoms with E-state index in [0.717, 1.165) is 11.1 Å². The number of aromatic nitrogens is 2. The smallest absolute Gasteiger partial charge is 0.388 e. The predicted molar refractivity (Wildman–Crippen MR) is 63.7 cm³/mol. The third-order valence-electron chi connectivity index (χ3n) is 3.00. The Kier molecular flexibility index (Phi) is 2.35. The quantitative estimate of drug-likeness (QED) is 0.812. The Balaban J connectivity index is 1.95. The molecule has 1 aliphatic carbocycles. The lowest BCUT2D eigenvalue weighted by Gasteiger charge is -1.96. The largest absolute Gasteiger partial charge is 0.437 e. The molecule has 0 bridgehead atoms. The van der Waals surface area contributed by atoms with Gasteiger partial charge in [0.2, 0.25) is 5.89 Å². The summed E-state index contributed by atoms with van der Waals surface area (Å²) in [6, 6.07) is 7.81. The zero-order valence-corrected chi connectivity index (χ0v) is 9.72. The maximum Gasteiger partial charge on any atom is 0.437 e. The fourth-order valence-electron chi connectivity index (χ4n) is 1.86. The molecule has 1 saturated carbocycles. The van der Waals surface area contributed by atoms with Crippen molar-refractivity contribution in [3.8, 4) is 11.5 Å². The van der Waals surface area contributed by atoms with Gasteiger partial charge in [0.15, 0.2) is 0 Å². The van der Waals surface area contributed by atoms with Gasteiger partial charge in [-0.3, -0.25) is 0 Å². The lowest BCUT2D eigenvalue weighted by molar-refractivity contribution is 0.467. The van der Waals surface area contributed by atoms with Crippen molar-refractivity contribution >= 4 is 0 Å². The highest BCUT2D eigenvalue weighted by molar-refractivity contribution is 5.53. The molecule has 1 aromatic heterocycles. The van der Waals surface area contributed by atoms with Crippen LogP contribution in [0.2, 0.25) is 0 Å². The van der Waals surface area contributed by atoms with Crippen LogP contribution in [0, 0.1) is 12.8 Å². The number of aryl methyl sites for hydroxylation is 1. The Hall–Kier alpha value is -1.84. The molecule has 2 aromatic rings. The number of hydrogen-bond acceptors (Lipinski definition) is 3. The number of nitrogens with zero attached hydrogens (tertiary/aromatic N) is 2. The molecule has 0 aliphatic heterocycles. The van der Waals surface area contributed by atoms with Gasteiger partial charge < -0.3 is 4.42 Å². The van der Waals surface area contributed by atoms with E-state index in [2.05, 4.69) is 5.10 Å². The van der Waals surface area contributed by atoms with Crippen molar-refractivity contribution in [2.24, 2.45) is 5.92 Å². The Bertz CT molecular complexity index is 593. The molecule has 3 rings (SSSR count). The summed E-state index contributed by atoms with van der Waals surface area (Å²) in [5.74, 6) is 0.677. The lowest BCUT2D eigenvalue weighted by Crippen LogP contribution is -2.16. The van der Waals surface area contributed by atoms with E-state index in [9.17, 15) is 4.79 Å². The van der Waals surface area contributed by atoms with Gasteiger partial charge in [0.1, 0.15) is 0 Å². The van der Waals surface area contributed by atoms with Crippen LogP contribution < -0.4 is 5.76 Å². The highest BCUT2D eigenvalue weighted by Crippen LogP contribution is 2.30. The molecule has 0 spiro atoms. The molecular weight excluding hydrogens is 216 g/mol. The van der Waals surface area contributed by atoms with E-state index < -0.39 is 0 Å². The third kappa shape index (κ3) is 2.16. The van der Waals surface area contributed by atoms with Gasteiger partial charge in [0.05, 0.1) is 6.54 Å². The topological polar surface area (TPSA) is 48.0 Å². The van der Waals surface area contributed by atoms with Crippen LogP contribution in [0.3, 0.4) is 0 Å². The first-order valence-corrected chi connectivity index (χ1v) is 5.87. The molecule has 4 nitrogen and oxygen atoms in total. The van der Waals surface area contributed by atoms with Crippen LogP contribution in [0.15, 0.2) is 33.5 Å². The molecule has 17 heavy (non-hydrogen) atoms. The minimum atomic E-state index is -0.353. The van der Waals surface area contributed by atoms with Crippen molar-refractivity contribution in [2.75, 3.05) is 0 Å². The molecule has 1 aromatic carbocycles. The second-order valence-electron chi connectivity index (χ2n) is 4.67. The first kappa shape index (κ1) is 10.3. The molecule has 1 heterocycles. The average Bonchev–Trinajstić information content (AvgIpc) is 3.03. The summed E-state index contributed by atoms with van der Waals surface area (Å²) in [6.07, 6.45) is 2.39. The van der Waals surface area contributed by atoms with E-state index in [4.69, 9.17) is 4.42 Å². The molecule has 0 radical (unpaired) electrons. The average molecular weight is 230 g/mol. The van der Waals surface area contributed by atoms with Crippen molar-refractivity contribution in [3.05, 3.63) is 40.4 Å². The number of hydrogen-bond donors (Lipinski definition) is 0. The van der Waals surface area contributed by atoms with Crippen LogP contribution in [0.5, 0.6) is 0 Å². The van der Waals surface area contributed by atoms with E-state index >= 15 is 0 Å². The summed E-state index contributed by atoms with van der Waals surface area (Å²) in [6.45, 7) is 2.69. The fraction of sp³-hybridized carbons (Fsp3) is 0.385. The SMILES string of the molecule is Cc1cccc(-c2nn(CC3CC3)c(=O)o2)c1. The summed E-state index contributed by atoms with van der Waals surface area (Å²) in [5.41, 5.74) is 1.98. The van der Waals surface area contributed by atoms with Gasteiger partial charge in [-0.15, -0.1) is 5.10 Å². The number of rotatable bonds is 3. The summed E-state index contributed by atoms with van der Waals surface area (Å²) in [4.78, 5) is 11.6. The van der Waals surface area contributed by atoms with Gasteiger partial charge >= 0.3 is 5.76 Å². The molecular formula is C13H14N2O2. The van der Waals surface area contributed by atoms with Gasteiger partial charge in [-0.1, -0.05) is 17.7 Å². The van der Waals surface area contributed by atoms with E-state index in [1.807, 2.05) is 31.2 Å². The van der Waals surface area contributed by atoms with Gasteiger partial charge in [-0.25, -0.2) is 4.79 Å². The van der Waals surface area contributed by atoms with Crippen molar-refractivity contribution in [1.82, 2.24) is 9.78 Å². The molecule has 0 unspecified atom stereocenters. The molecule has 0 N–H and O–H groups in total. The maximum absolute atomic E-state index is 11.6. The molecule has 0 saturated heterocycles. The van der Waals surface area contributed by atoms with Gasteiger partial charge in [0.25, 0.3) is 0 Å². The normalized spacial score (nSPS) is 15.1. The standard InChI is InChI=1S/C13H14N2O2/c1-9-3-2-4-11(7-9)12-14-15(13(16)17-12)8-10-5-6-10/h2-4,7,10H,5-6,8H2,1H3. The second-order valence-corrected chi connectivity index (χ2v) is 4.67. The van der Waals surface area contributed by atoms with Crippen molar-refractivity contribution in [1.29, 1.82) is 0 Å². The predicted octanol–water partition coefficient (Wildman–Crippen LogP) is 2.22. The van der Waals surface area contributed by atoms with Crippen molar-refractivity contribution in [3.63, 3.8) is 0 Å². The molecule has 88 valence electrons. The first-order chi connectivity index (χ1) is 8.22. The van der Waals surface area contributed by atoms with Crippen LogP contribution in [0.4, 0.5) is 0 Å². The van der Waals surface area contributed by atoms with Crippen LogP contribution in [-0.2, 0) is 6.54 Å². The minimum Gasteiger partial charge on any atom is -0.388 e. The number of benzene rings is 1. The van der Waals surface area contributed by atoms with E-state index in [-0.39, 0.29) is 5.76 Å². The van der Waals surface area contributed by atoms with Crippen LogP contribution in [0.25, 0.3) is 11.5 Å². The summed E-state index contributed by atoms with van der Waals surface area (Å²) in [7, 11) is 0. The Morgan fingerprint density at radius 2 is 2.29 bits per heavy atom.